The number of carbonyl (C=O) groups is 1. The van der Waals surface area contributed by atoms with Crippen molar-refractivity contribution in [2.45, 2.75) is 19.1 Å². The normalized spacial score (nSPS) is 12.6. The van der Waals surface area contributed by atoms with Crippen molar-refractivity contribution in [3.05, 3.63) is 35.4 Å². The first-order chi connectivity index (χ1) is 9.38. The third-order valence-corrected chi connectivity index (χ3v) is 4.15. The minimum Gasteiger partial charge on any atom is -0.481 e. The number of nitrogens with one attached hydrogen (secondary N) is 1. The zero-order chi connectivity index (χ0) is 15.2. The Hall–Kier alpha value is -1.91. The summed E-state index contributed by atoms with van der Waals surface area (Å²) in [6.07, 6.45) is 0.356. The number of carboxylic acids is 1. The number of nitriles is 1. The molecule has 1 rings (SSSR count). The van der Waals surface area contributed by atoms with Crippen LogP contribution in [0.3, 0.4) is 0 Å². The second kappa shape index (κ2) is 7.03. The van der Waals surface area contributed by atoms with Gasteiger partial charge in [0.15, 0.2) is 0 Å². The second-order valence-corrected chi connectivity index (χ2v) is 6.17. The van der Waals surface area contributed by atoms with Gasteiger partial charge in [-0.1, -0.05) is 19.1 Å². The number of rotatable bonds is 7. The Morgan fingerprint density at radius 1 is 1.40 bits per heavy atom. The molecular weight excluding hydrogens is 280 g/mol. The molecule has 0 aliphatic carbocycles. The highest BCUT2D eigenvalue weighted by atomic mass is 32.2. The van der Waals surface area contributed by atoms with E-state index < -0.39 is 21.9 Å². The third-order valence-electron chi connectivity index (χ3n) is 2.83. The minimum absolute atomic E-state index is 0.121. The van der Waals surface area contributed by atoms with Crippen LogP contribution in [0.4, 0.5) is 0 Å². The van der Waals surface area contributed by atoms with Gasteiger partial charge in [-0.05, 0) is 24.1 Å². The number of aliphatic carboxylic acids is 1. The molecule has 0 fully saturated rings. The van der Waals surface area contributed by atoms with Gasteiger partial charge in [0.25, 0.3) is 0 Å². The Bertz CT molecular complexity index is 602. The average molecular weight is 296 g/mol. The number of sulfonamides is 1. The summed E-state index contributed by atoms with van der Waals surface area (Å²) in [5.41, 5.74) is 0.996. The highest BCUT2D eigenvalue weighted by molar-refractivity contribution is 7.88. The quantitative estimate of drug-likeness (QED) is 0.783. The van der Waals surface area contributed by atoms with Gasteiger partial charge in [-0.2, -0.15) is 5.26 Å². The summed E-state index contributed by atoms with van der Waals surface area (Å²) < 4.78 is 26.0. The molecule has 0 aliphatic rings. The predicted octanol–water partition coefficient (Wildman–Crippen LogP) is 1.09. The van der Waals surface area contributed by atoms with Crippen LogP contribution in [0.1, 0.15) is 24.5 Å². The lowest BCUT2D eigenvalue weighted by atomic mass is 10.1. The average Bonchev–Trinajstić information content (AvgIpc) is 2.39. The molecule has 7 heteroatoms. The predicted molar refractivity (Wildman–Crippen MR) is 73.2 cm³/mol. The lowest BCUT2D eigenvalue weighted by Crippen LogP contribution is -2.33. The van der Waals surface area contributed by atoms with Crippen LogP contribution in [0.25, 0.3) is 0 Å². The summed E-state index contributed by atoms with van der Waals surface area (Å²) in [5.74, 6) is -1.99. The largest absolute Gasteiger partial charge is 0.481 e. The maximum Gasteiger partial charge on any atom is 0.307 e. The summed E-state index contributed by atoms with van der Waals surface area (Å²) >= 11 is 0. The van der Waals surface area contributed by atoms with Gasteiger partial charge in [0.2, 0.25) is 10.0 Å². The van der Waals surface area contributed by atoms with Gasteiger partial charge in [0.1, 0.15) is 0 Å². The van der Waals surface area contributed by atoms with E-state index in [1.807, 2.05) is 6.07 Å². The number of hydrogen-bond donors (Lipinski definition) is 2. The molecular formula is C13H16N2O4S. The number of benzene rings is 1. The molecule has 108 valence electrons. The van der Waals surface area contributed by atoms with Crippen molar-refractivity contribution >= 4 is 16.0 Å². The Labute approximate surface area is 118 Å². The van der Waals surface area contributed by atoms with Crippen LogP contribution in [0.15, 0.2) is 24.3 Å². The zero-order valence-electron chi connectivity index (χ0n) is 11.0. The van der Waals surface area contributed by atoms with Gasteiger partial charge in [-0.15, -0.1) is 0 Å². The smallest absolute Gasteiger partial charge is 0.307 e. The standard InChI is InChI=1S/C13H16N2O4S/c1-2-12(13(16)17)8-15-20(18,19)9-11-5-3-10(7-14)4-6-11/h3-6,12,15H,2,8-9H2,1H3,(H,16,17). The summed E-state index contributed by atoms with van der Waals surface area (Å²) in [5, 5.41) is 17.5. The first-order valence-corrected chi connectivity index (χ1v) is 7.72. The monoisotopic (exact) mass is 296 g/mol. The van der Waals surface area contributed by atoms with Crippen molar-refractivity contribution in [1.29, 1.82) is 5.26 Å². The maximum absolute atomic E-state index is 11.8. The van der Waals surface area contributed by atoms with Crippen LogP contribution < -0.4 is 4.72 Å². The fourth-order valence-corrected chi connectivity index (χ4v) is 2.77. The van der Waals surface area contributed by atoms with Gasteiger partial charge >= 0.3 is 5.97 Å². The fraction of sp³-hybridized carbons (Fsp3) is 0.385. The molecule has 0 spiro atoms. The Morgan fingerprint density at radius 2 is 2.00 bits per heavy atom. The molecule has 20 heavy (non-hydrogen) atoms. The van der Waals surface area contributed by atoms with Crippen molar-refractivity contribution in [1.82, 2.24) is 4.72 Å². The highest BCUT2D eigenvalue weighted by Gasteiger charge is 2.19. The molecule has 2 N–H and O–H groups in total. The Kier molecular flexibility index (Phi) is 5.67. The van der Waals surface area contributed by atoms with E-state index in [-0.39, 0.29) is 12.3 Å². The first-order valence-electron chi connectivity index (χ1n) is 6.07. The van der Waals surface area contributed by atoms with E-state index in [4.69, 9.17) is 10.4 Å². The van der Waals surface area contributed by atoms with Crippen LogP contribution in [-0.4, -0.2) is 26.0 Å². The molecule has 1 aromatic rings. The SMILES string of the molecule is CCC(CNS(=O)(=O)Cc1ccc(C#N)cc1)C(=O)O. The summed E-state index contributed by atoms with van der Waals surface area (Å²) in [6.45, 7) is 1.57. The van der Waals surface area contributed by atoms with E-state index in [0.29, 0.717) is 17.5 Å². The van der Waals surface area contributed by atoms with E-state index >= 15 is 0 Å². The molecule has 0 aromatic heterocycles. The van der Waals surface area contributed by atoms with Gasteiger partial charge in [-0.3, -0.25) is 4.79 Å². The van der Waals surface area contributed by atoms with Crippen molar-refractivity contribution in [2.75, 3.05) is 6.54 Å². The number of nitrogens with zero attached hydrogens (tertiary/aromatic N) is 1. The molecule has 6 nitrogen and oxygen atoms in total. The topological polar surface area (TPSA) is 107 Å². The molecule has 0 bridgehead atoms. The van der Waals surface area contributed by atoms with Gasteiger partial charge in [-0.25, -0.2) is 13.1 Å². The lowest BCUT2D eigenvalue weighted by molar-refractivity contribution is -0.141. The third kappa shape index (κ3) is 4.99. The second-order valence-electron chi connectivity index (χ2n) is 4.36. The summed E-state index contributed by atoms with van der Waals surface area (Å²) in [6, 6.07) is 8.15. The van der Waals surface area contributed by atoms with E-state index in [1.165, 1.54) is 12.1 Å². The van der Waals surface area contributed by atoms with Crippen LogP contribution in [0.2, 0.25) is 0 Å². The van der Waals surface area contributed by atoms with E-state index in [2.05, 4.69) is 4.72 Å². The van der Waals surface area contributed by atoms with Crippen molar-refractivity contribution in [2.24, 2.45) is 5.92 Å². The molecule has 0 aliphatic heterocycles. The molecule has 1 unspecified atom stereocenters. The summed E-state index contributed by atoms with van der Waals surface area (Å²) in [7, 11) is -3.59. The van der Waals surface area contributed by atoms with Crippen LogP contribution in [-0.2, 0) is 20.6 Å². The molecule has 0 amide bonds. The zero-order valence-corrected chi connectivity index (χ0v) is 11.9. The van der Waals surface area contributed by atoms with Crippen LogP contribution in [0.5, 0.6) is 0 Å². The van der Waals surface area contributed by atoms with E-state index in [0.717, 1.165) is 0 Å². The number of hydrogen-bond acceptors (Lipinski definition) is 4. The van der Waals surface area contributed by atoms with Crippen molar-refractivity contribution < 1.29 is 18.3 Å². The summed E-state index contributed by atoms with van der Waals surface area (Å²) in [4.78, 5) is 10.8. The Morgan fingerprint density at radius 3 is 2.45 bits per heavy atom. The van der Waals surface area contributed by atoms with Crippen molar-refractivity contribution in [3.63, 3.8) is 0 Å². The molecule has 1 aromatic carbocycles. The minimum atomic E-state index is -3.59. The first kappa shape index (κ1) is 16.1. The van der Waals surface area contributed by atoms with Crippen molar-refractivity contribution in [3.8, 4) is 6.07 Å². The molecule has 0 heterocycles. The highest BCUT2D eigenvalue weighted by Crippen LogP contribution is 2.08. The molecule has 0 saturated heterocycles. The van der Waals surface area contributed by atoms with E-state index in [1.54, 1.807) is 19.1 Å². The fourth-order valence-electron chi connectivity index (χ4n) is 1.58. The lowest BCUT2D eigenvalue weighted by Gasteiger charge is -2.11. The number of carboxylic acid groups (broad SMARTS) is 1. The van der Waals surface area contributed by atoms with Gasteiger partial charge < -0.3 is 5.11 Å². The molecule has 0 saturated carbocycles. The Balaban J connectivity index is 2.65. The van der Waals surface area contributed by atoms with Crippen LogP contribution >= 0.6 is 0 Å². The van der Waals surface area contributed by atoms with E-state index in [9.17, 15) is 13.2 Å². The molecule has 0 radical (unpaired) electrons. The van der Waals surface area contributed by atoms with Crippen LogP contribution in [0, 0.1) is 17.2 Å². The maximum atomic E-state index is 11.8. The van der Waals surface area contributed by atoms with Gasteiger partial charge in [0.05, 0.1) is 23.3 Å². The van der Waals surface area contributed by atoms with Gasteiger partial charge in [0, 0.05) is 6.54 Å². The molecule has 1 atom stereocenters.